The van der Waals surface area contributed by atoms with Crippen LogP contribution in [0.15, 0.2) is 24.3 Å². The van der Waals surface area contributed by atoms with Crippen LogP contribution >= 0.6 is 23.4 Å². The van der Waals surface area contributed by atoms with Gasteiger partial charge in [-0.15, -0.1) is 0 Å². The third-order valence-corrected chi connectivity index (χ3v) is 4.57. The standard InChI is InChI=1S/C16H26ClNS/c1-3-4-5-8-14(2)18-11-12-19-13-15-9-6-7-10-16(15)17/h6-7,9-10,14,18H,3-5,8,11-13H2,1-2H3. The van der Waals surface area contributed by atoms with E-state index in [4.69, 9.17) is 11.6 Å². The molecule has 0 fully saturated rings. The molecule has 0 saturated carbocycles. The maximum Gasteiger partial charge on any atom is 0.0446 e. The van der Waals surface area contributed by atoms with Crippen LogP contribution in [0.25, 0.3) is 0 Å². The Morgan fingerprint density at radius 1 is 1.26 bits per heavy atom. The van der Waals surface area contributed by atoms with Crippen molar-refractivity contribution in [2.45, 2.75) is 51.3 Å². The average molecular weight is 300 g/mol. The molecule has 0 aliphatic heterocycles. The number of thioether (sulfide) groups is 1. The zero-order valence-corrected chi connectivity index (χ0v) is 13.7. The summed E-state index contributed by atoms with van der Waals surface area (Å²) >= 11 is 8.07. The number of benzene rings is 1. The predicted molar refractivity (Wildman–Crippen MR) is 89.2 cm³/mol. The summed E-state index contributed by atoms with van der Waals surface area (Å²) in [5.41, 5.74) is 1.24. The number of unbranched alkanes of at least 4 members (excludes halogenated alkanes) is 2. The third-order valence-electron chi connectivity index (χ3n) is 3.20. The molecule has 1 nitrogen and oxygen atoms in total. The average Bonchev–Trinajstić information content (AvgIpc) is 2.41. The van der Waals surface area contributed by atoms with E-state index in [0.717, 1.165) is 23.1 Å². The molecule has 0 radical (unpaired) electrons. The lowest BCUT2D eigenvalue weighted by Crippen LogP contribution is -2.28. The fourth-order valence-electron chi connectivity index (χ4n) is 1.98. The first-order chi connectivity index (χ1) is 9.24. The molecule has 1 aromatic carbocycles. The molecular formula is C16H26ClNS. The zero-order chi connectivity index (χ0) is 13.9. The van der Waals surface area contributed by atoms with E-state index in [1.807, 2.05) is 23.9 Å². The zero-order valence-electron chi connectivity index (χ0n) is 12.1. The van der Waals surface area contributed by atoms with E-state index in [2.05, 4.69) is 31.3 Å². The largest absolute Gasteiger partial charge is 0.313 e. The lowest BCUT2D eigenvalue weighted by molar-refractivity contribution is 0.502. The summed E-state index contributed by atoms with van der Waals surface area (Å²) in [6.07, 6.45) is 5.30. The monoisotopic (exact) mass is 299 g/mol. The van der Waals surface area contributed by atoms with Crippen molar-refractivity contribution in [3.63, 3.8) is 0 Å². The lowest BCUT2D eigenvalue weighted by Gasteiger charge is -2.13. The van der Waals surface area contributed by atoms with Crippen LogP contribution < -0.4 is 5.32 Å². The molecule has 0 aliphatic carbocycles. The van der Waals surface area contributed by atoms with E-state index in [-0.39, 0.29) is 0 Å². The molecule has 0 heterocycles. The van der Waals surface area contributed by atoms with Crippen molar-refractivity contribution in [1.82, 2.24) is 5.32 Å². The van der Waals surface area contributed by atoms with Crippen LogP contribution in [0.4, 0.5) is 0 Å². The third kappa shape index (κ3) is 7.86. The van der Waals surface area contributed by atoms with Crippen molar-refractivity contribution in [1.29, 1.82) is 0 Å². The fourth-order valence-corrected chi connectivity index (χ4v) is 3.14. The minimum Gasteiger partial charge on any atom is -0.313 e. The highest BCUT2D eigenvalue weighted by Crippen LogP contribution is 2.20. The van der Waals surface area contributed by atoms with Crippen LogP contribution in [0.2, 0.25) is 5.02 Å². The first kappa shape index (κ1) is 16.9. The van der Waals surface area contributed by atoms with Crippen LogP contribution in [0.3, 0.4) is 0 Å². The molecule has 19 heavy (non-hydrogen) atoms. The first-order valence-corrected chi connectivity index (χ1v) is 8.81. The van der Waals surface area contributed by atoms with Gasteiger partial charge in [0.05, 0.1) is 0 Å². The molecule has 108 valence electrons. The maximum absolute atomic E-state index is 6.13. The van der Waals surface area contributed by atoms with E-state index in [1.54, 1.807) is 0 Å². The van der Waals surface area contributed by atoms with Crippen LogP contribution in [-0.4, -0.2) is 18.3 Å². The molecule has 0 amide bonds. The minimum atomic E-state index is 0.646. The van der Waals surface area contributed by atoms with Gasteiger partial charge in [-0.2, -0.15) is 11.8 Å². The summed E-state index contributed by atoms with van der Waals surface area (Å²) in [4.78, 5) is 0. The Morgan fingerprint density at radius 3 is 2.79 bits per heavy atom. The molecule has 1 N–H and O–H groups in total. The summed E-state index contributed by atoms with van der Waals surface area (Å²) in [5, 5.41) is 4.47. The summed E-state index contributed by atoms with van der Waals surface area (Å²) in [6, 6.07) is 8.75. The van der Waals surface area contributed by atoms with E-state index in [9.17, 15) is 0 Å². The highest BCUT2D eigenvalue weighted by molar-refractivity contribution is 7.98. The molecule has 0 aliphatic rings. The van der Waals surface area contributed by atoms with E-state index in [0.29, 0.717) is 6.04 Å². The Bertz CT molecular complexity index is 343. The summed E-state index contributed by atoms with van der Waals surface area (Å²) < 4.78 is 0. The number of halogens is 1. The molecular weight excluding hydrogens is 274 g/mol. The molecule has 0 bridgehead atoms. The van der Waals surface area contributed by atoms with Crippen molar-refractivity contribution in [2.24, 2.45) is 0 Å². The smallest absolute Gasteiger partial charge is 0.0446 e. The maximum atomic E-state index is 6.13. The van der Waals surface area contributed by atoms with Crippen molar-refractivity contribution < 1.29 is 0 Å². The summed E-state index contributed by atoms with van der Waals surface area (Å²) in [7, 11) is 0. The van der Waals surface area contributed by atoms with Gasteiger partial charge in [0.25, 0.3) is 0 Å². The second kappa shape index (κ2) is 10.6. The second-order valence-corrected chi connectivity index (χ2v) is 6.51. The van der Waals surface area contributed by atoms with Gasteiger partial charge in [0, 0.05) is 29.1 Å². The van der Waals surface area contributed by atoms with Gasteiger partial charge in [-0.3, -0.25) is 0 Å². The molecule has 3 heteroatoms. The summed E-state index contributed by atoms with van der Waals surface area (Å²) in [5.74, 6) is 2.15. The Kier molecular flexibility index (Phi) is 9.40. The SMILES string of the molecule is CCCCCC(C)NCCSCc1ccccc1Cl. The first-order valence-electron chi connectivity index (χ1n) is 7.28. The number of hydrogen-bond donors (Lipinski definition) is 1. The molecule has 0 aromatic heterocycles. The van der Waals surface area contributed by atoms with E-state index in [1.165, 1.54) is 31.2 Å². The topological polar surface area (TPSA) is 12.0 Å². The quantitative estimate of drug-likeness (QED) is 0.601. The second-order valence-electron chi connectivity index (χ2n) is 4.99. The van der Waals surface area contributed by atoms with Gasteiger partial charge in [-0.25, -0.2) is 0 Å². The molecule has 0 saturated heterocycles. The van der Waals surface area contributed by atoms with Gasteiger partial charge in [0.15, 0.2) is 0 Å². The Morgan fingerprint density at radius 2 is 2.05 bits per heavy atom. The number of nitrogens with one attached hydrogen (secondary N) is 1. The van der Waals surface area contributed by atoms with Crippen LogP contribution in [0.1, 0.15) is 45.1 Å². The molecule has 1 atom stereocenters. The van der Waals surface area contributed by atoms with Gasteiger partial charge in [-0.05, 0) is 25.0 Å². The molecule has 1 unspecified atom stereocenters. The van der Waals surface area contributed by atoms with Crippen molar-refractivity contribution >= 4 is 23.4 Å². The normalized spacial score (nSPS) is 12.6. The van der Waals surface area contributed by atoms with Gasteiger partial charge >= 0.3 is 0 Å². The van der Waals surface area contributed by atoms with E-state index < -0.39 is 0 Å². The Labute approximate surface area is 127 Å². The van der Waals surface area contributed by atoms with Gasteiger partial charge in [0.2, 0.25) is 0 Å². The van der Waals surface area contributed by atoms with Crippen molar-refractivity contribution in [2.75, 3.05) is 12.3 Å². The highest BCUT2D eigenvalue weighted by atomic mass is 35.5. The van der Waals surface area contributed by atoms with Gasteiger partial charge in [-0.1, -0.05) is 56.0 Å². The van der Waals surface area contributed by atoms with Crippen LogP contribution in [-0.2, 0) is 5.75 Å². The number of rotatable bonds is 10. The fraction of sp³-hybridized carbons (Fsp3) is 0.625. The van der Waals surface area contributed by atoms with E-state index >= 15 is 0 Å². The summed E-state index contributed by atoms with van der Waals surface area (Å²) in [6.45, 7) is 5.63. The lowest BCUT2D eigenvalue weighted by atomic mass is 10.1. The van der Waals surface area contributed by atoms with Crippen LogP contribution in [0, 0.1) is 0 Å². The predicted octanol–water partition coefficient (Wildman–Crippen LogP) is 5.13. The van der Waals surface area contributed by atoms with Crippen molar-refractivity contribution in [3.8, 4) is 0 Å². The van der Waals surface area contributed by atoms with Gasteiger partial charge in [0.1, 0.15) is 0 Å². The molecule has 1 rings (SSSR count). The highest BCUT2D eigenvalue weighted by Gasteiger charge is 2.01. The molecule has 1 aromatic rings. The Hall–Kier alpha value is -0.180. The van der Waals surface area contributed by atoms with Gasteiger partial charge < -0.3 is 5.32 Å². The Balaban J connectivity index is 2.03. The van der Waals surface area contributed by atoms with Crippen LogP contribution in [0.5, 0.6) is 0 Å². The number of hydrogen-bond acceptors (Lipinski definition) is 2. The molecule has 0 spiro atoms. The minimum absolute atomic E-state index is 0.646. The van der Waals surface area contributed by atoms with Crippen molar-refractivity contribution in [3.05, 3.63) is 34.9 Å².